The van der Waals surface area contributed by atoms with E-state index in [9.17, 15) is 14.9 Å². The molecule has 0 aliphatic rings. The lowest BCUT2D eigenvalue weighted by molar-refractivity contribution is -0.385. The topological polar surface area (TPSA) is 80.4 Å². The monoisotopic (exact) mass is 223 g/mol. The molecular formula is C11H13NO4. The van der Waals surface area contributed by atoms with E-state index in [1.807, 2.05) is 0 Å². The van der Waals surface area contributed by atoms with Gasteiger partial charge in [-0.2, -0.15) is 0 Å². The van der Waals surface area contributed by atoms with Crippen LogP contribution < -0.4 is 0 Å². The van der Waals surface area contributed by atoms with E-state index in [-0.39, 0.29) is 5.69 Å². The molecule has 0 aliphatic heterocycles. The lowest BCUT2D eigenvalue weighted by Gasteiger charge is -2.11. The van der Waals surface area contributed by atoms with Crippen molar-refractivity contribution in [2.45, 2.75) is 26.2 Å². The van der Waals surface area contributed by atoms with Gasteiger partial charge in [-0.3, -0.25) is 14.9 Å². The van der Waals surface area contributed by atoms with Crippen molar-refractivity contribution in [2.24, 2.45) is 0 Å². The molecule has 0 bridgehead atoms. The van der Waals surface area contributed by atoms with Gasteiger partial charge in [-0.25, -0.2) is 0 Å². The predicted octanol–water partition coefficient (Wildman–Crippen LogP) is 2.35. The lowest BCUT2D eigenvalue weighted by atomic mass is 9.93. The minimum atomic E-state index is -0.977. The summed E-state index contributed by atoms with van der Waals surface area (Å²) in [7, 11) is 0. The Kier molecular flexibility index (Phi) is 3.60. The zero-order chi connectivity index (χ0) is 12.3. The van der Waals surface area contributed by atoms with Crippen molar-refractivity contribution in [3.8, 4) is 0 Å². The average molecular weight is 223 g/mol. The highest BCUT2D eigenvalue weighted by Gasteiger charge is 2.22. The second-order valence-electron chi connectivity index (χ2n) is 3.52. The van der Waals surface area contributed by atoms with E-state index >= 15 is 0 Å². The van der Waals surface area contributed by atoms with Gasteiger partial charge in [0.15, 0.2) is 0 Å². The fraction of sp³-hybridized carbons (Fsp3) is 0.364. The summed E-state index contributed by atoms with van der Waals surface area (Å²) in [4.78, 5) is 21.2. The summed E-state index contributed by atoms with van der Waals surface area (Å²) >= 11 is 0. The first-order valence-electron chi connectivity index (χ1n) is 4.98. The summed E-state index contributed by atoms with van der Waals surface area (Å²) in [6, 6.07) is 4.55. The van der Waals surface area contributed by atoms with Gasteiger partial charge in [0, 0.05) is 11.6 Å². The van der Waals surface area contributed by atoms with E-state index in [0.717, 1.165) is 0 Å². The summed E-state index contributed by atoms with van der Waals surface area (Å²) in [5.74, 6) is -1.70. The number of carboxylic acids is 1. The van der Waals surface area contributed by atoms with Crippen LogP contribution in [-0.4, -0.2) is 16.0 Å². The molecule has 1 atom stereocenters. The Balaban J connectivity index is 3.34. The molecule has 1 aromatic carbocycles. The normalized spacial score (nSPS) is 12.1. The number of hydrogen-bond acceptors (Lipinski definition) is 3. The van der Waals surface area contributed by atoms with Crippen molar-refractivity contribution in [3.63, 3.8) is 0 Å². The summed E-state index contributed by atoms with van der Waals surface area (Å²) in [5, 5.41) is 19.7. The van der Waals surface area contributed by atoms with Crippen LogP contribution in [0.2, 0.25) is 0 Å². The van der Waals surface area contributed by atoms with Crippen LogP contribution in [0.1, 0.15) is 30.9 Å². The van der Waals surface area contributed by atoms with Gasteiger partial charge in [0.2, 0.25) is 0 Å². The summed E-state index contributed by atoms with van der Waals surface area (Å²) in [6.45, 7) is 3.31. The summed E-state index contributed by atoms with van der Waals surface area (Å²) < 4.78 is 0. The second kappa shape index (κ2) is 4.74. The van der Waals surface area contributed by atoms with Crippen molar-refractivity contribution >= 4 is 11.7 Å². The maximum absolute atomic E-state index is 10.9. The minimum Gasteiger partial charge on any atom is -0.481 e. The second-order valence-corrected chi connectivity index (χ2v) is 3.52. The number of carboxylic acid groups (broad SMARTS) is 1. The van der Waals surface area contributed by atoms with Crippen LogP contribution in [-0.2, 0) is 11.2 Å². The molecule has 86 valence electrons. The number of hydrogen-bond donors (Lipinski definition) is 1. The molecule has 1 unspecified atom stereocenters. The smallest absolute Gasteiger partial charge is 0.310 e. The SMILES string of the molecule is CCc1c(C(C)C(=O)O)cccc1[N+](=O)[O-]. The molecule has 0 fully saturated rings. The zero-order valence-electron chi connectivity index (χ0n) is 9.14. The Labute approximate surface area is 92.9 Å². The highest BCUT2D eigenvalue weighted by Crippen LogP contribution is 2.28. The minimum absolute atomic E-state index is 0.00639. The molecule has 5 heteroatoms. The third-order valence-electron chi connectivity index (χ3n) is 2.57. The van der Waals surface area contributed by atoms with Crippen LogP contribution in [0.4, 0.5) is 5.69 Å². The van der Waals surface area contributed by atoms with Gasteiger partial charge in [-0.05, 0) is 18.9 Å². The fourth-order valence-corrected chi connectivity index (χ4v) is 1.69. The molecule has 0 saturated carbocycles. The van der Waals surface area contributed by atoms with Crippen molar-refractivity contribution in [1.82, 2.24) is 0 Å². The maximum atomic E-state index is 10.9. The average Bonchev–Trinajstić information content (AvgIpc) is 2.26. The zero-order valence-corrected chi connectivity index (χ0v) is 9.14. The van der Waals surface area contributed by atoms with Crippen LogP contribution in [0.25, 0.3) is 0 Å². The number of aliphatic carboxylic acids is 1. The molecule has 0 spiro atoms. The molecule has 0 radical (unpaired) electrons. The van der Waals surface area contributed by atoms with E-state index in [1.54, 1.807) is 13.0 Å². The predicted molar refractivity (Wildman–Crippen MR) is 58.5 cm³/mol. The standard InChI is InChI=1S/C11H13NO4/c1-3-8-9(7(2)11(13)14)5-4-6-10(8)12(15)16/h4-7H,3H2,1-2H3,(H,13,14). The molecule has 0 heterocycles. The molecule has 1 N–H and O–H groups in total. The van der Waals surface area contributed by atoms with Crippen molar-refractivity contribution < 1.29 is 14.8 Å². The first kappa shape index (κ1) is 12.2. The van der Waals surface area contributed by atoms with Crippen LogP contribution in [0, 0.1) is 10.1 Å². The van der Waals surface area contributed by atoms with Gasteiger partial charge >= 0.3 is 5.97 Å². The van der Waals surface area contributed by atoms with Crippen molar-refractivity contribution in [3.05, 3.63) is 39.4 Å². The highest BCUT2D eigenvalue weighted by molar-refractivity contribution is 5.76. The van der Waals surface area contributed by atoms with Gasteiger partial charge in [0.1, 0.15) is 0 Å². The first-order valence-corrected chi connectivity index (χ1v) is 4.98. The van der Waals surface area contributed by atoms with E-state index in [1.165, 1.54) is 19.1 Å². The Morgan fingerprint density at radius 3 is 2.62 bits per heavy atom. The number of benzene rings is 1. The number of nitrogens with zero attached hydrogens (tertiary/aromatic N) is 1. The van der Waals surface area contributed by atoms with E-state index in [0.29, 0.717) is 17.5 Å². The van der Waals surface area contributed by atoms with Crippen LogP contribution >= 0.6 is 0 Å². The Morgan fingerprint density at radius 2 is 2.19 bits per heavy atom. The lowest BCUT2D eigenvalue weighted by Crippen LogP contribution is -2.11. The van der Waals surface area contributed by atoms with Crippen LogP contribution in [0.15, 0.2) is 18.2 Å². The van der Waals surface area contributed by atoms with Crippen LogP contribution in [0.5, 0.6) is 0 Å². The highest BCUT2D eigenvalue weighted by atomic mass is 16.6. The van der Waals surface area contributed by atoms with Crippen molar-refractivity contribution in [1.29, 1.82) is 0 Å². The van der Waals surface area contributed by atoms with Gasteiger partial charge in [-0.15, -0.1) is 0 Å². The largest absolute Gasteiger partial charge is 0.481 e. The van der Waals surface area contributed by atoms with Gasteiger partial charge in [-0.1, -0.05) is 19.1 Å². The maximum Gasteiger partial charge on any atom is 0.310 e. The molecule has 1 aromatic rings. The third-order valence-corrected chi connectivity index (χ3v) is 2.57. The molecule has 0 saturated heterocycles. The van der Waals surface area contributed by atoms with E-state index < -0.39 is 16.8 Å². The molecule has 16 heavy (non-hydrogen) atoms. The fourth-order valence-electron chi connectivity index (χ4n) is 1.69. The van der Waals surface area contributed by atoms with Gasteiger partial charge in [0.05, 0.1) is 10.8 Å². The summed E-state index contributed by atoms with van der Waals surface area (Å²) in [6.07, 6.45) is 0.449. The quantitative estimate of drug-likeness (QED) is 0.627. The van der Waals surface area contributed by atoms with Gasteiger partial charge in [0.25, 0.3) is 5.69 Å². The Morgan fingerprint density at radius 1 is 1.56 bits per heavy atom. The first-order chi connectivity index (χ1) is 7.49. The number of nitro benzene ring substituents is 1. The Hall–Kier alpha value is -1.91. The van der Waals surface area contributed by atoms with Crippen LogP contribution in [0.3, 0.4) is 0 Å². The number of rotatable bonds is 4. The van der Waals surface area contributed by atoms with Crippen molar-refractivity contribution in [2.75, 3.05) is 0 Å². The molecule has 0 aromatic heterocycles. The third kappa shape index (κ3) is 2.18. The molecule has 0 aliphatic carbocycles. The molecule has 5 nitrogen and oxygen atoms in total. The molecule has 0 amide bonds. The van der Waals surface area contributed by atoms with Gasteiger partial charge < -0.3 is 5.11 Å². The number of carbonyl (C=O) groups is 1. The van der Waals surface area contributed by atoms with E-state index in [2.05, 4.69) is 0 Å². The Bertz CT molecular complexity index is 428. The molecular weight excluding hydrogens is 210 g/mol. The van der Waals surface area contributed by atoms with E-state index in [4.69, 9.17) is 5.11 Å². The molecule has 1 rings (SSSR count). The number of nitro groups is 1. The summed E-state index contributed by atoms with van der Waals surface area (Å²) in [5.41, 5.74) is 1.01.